The molecular formula is C18H27NO5P+. The fraction of sp³-hybridized carbons (Fsp3) is 0.611. The van der Waals surface area contributed by atoms with Gasteiger partial charge in [0.2, 0.25) is 0 Å². The van der Waals surface area contributed by atoms with Crippen LogP contribution in [0.1, 0.15) is 44.1 Å². The van der Waals surface area contributed by atoms with E-state index < -0.39 is 25.9 Å². The number of hydrogen-bond acceptors (Lipinski definition) is 4. The van der Waals surface area contributed by atoms with Gasteiger partial charge in [-0.1, -0.05) is 49.6 Å². The quantitative estimate of drug-likeness (QED) is 0.612. The topological polar surface area (TPSA) is 95.9 Å². The highest BCUT2D eigenvalue weighted by molar-refractivity contribution is 7.38. The predicted octanol–water partition coefficient (Wildman–Crippen LogP) is 3.35. The van der Waals surface area contributed by atoms with Gasteiger partial charge in [-0.15, -0.1) is 0 Å². The van der Waals surface area contributed by atoms with E-state index >= 15 is 0 Å². The van der Waals surface area contributed by atoms with Crippen LogP contribution in [0.3, 0.4) is 0 Å². The Labute approximate surface area is 149 Å². The Morgan fingerprint density at radius 2 is 1.92 bits per heavy atom. The standard InChI is InChI=1S/C18H26NO5P/c20-16(11-17(25(22)23)15-9-5-2-6-10-15)12-19-18(21)24-13-14-7-3-1-4-8-14/h1,3-4,7-8,15-17,20H,2,5-6,9-13H2,(H-,19,21,22,23)/p+1/t16-,17?/m1/s1. The Morgan fingerprint density at radius 3 is 2.56 bits per heavy atom. The highest BCUT2D eigenvalue weighted by atomic mass is 31.1. The van der Waals surface area contributed by atoms with Crippen molar-refractivity contribution in [1.82, 2.24) is 5.32 Å². The van der Waals surface area contributed by atoms with E-state index in [1.807, 2.05) is 30.3 Å². The lowest BCUT2D eigenvalue weighted by Crippen LogP contribution is -2.35. The zero-order chi connectivity index (χ0) is 18.1. The molecule has 0 aromatic heterocycles. The van der Waals surface area contributed by atoms with Crippen LogP contribution in [0.4, 0.5) is 4.79 Å². The van der Waals surface area contributed by atoms with E-state index in [-0.39, 0.29) is 25.5 Å². The van der Waals surface area contributed by atoms with Crippen molar-refractivity contribution in [1.29, 1.82) is 0 Å². The van der Waals surface area contributed by atoms with Crippen molar-refractivity contribution >= 4 is 14.1 Å². The summed E-state index contributed by atoms with van der Waals surface area (Å²) in [6.07, 6.45) is 3.94. The average molecular weight is 368 g/mol. The third-order valence-electron chi connectivity index (χ3n) is 4.69. The zero-order valence-corrected chi connectivity index (χ0v) is 15.2. The van der Waals surface area contributed by atoms with Crippen molar-refractivity contribution in [2.75, 3.05) is 6.54 Å². The van der Waals surface area contributed by atoms with Gasteiger partial charge in [-0.2, -0.15) is 4.89 Å². The minimum Gasteiger partial charge on any atom is -0.445 e. The van der Waals surface area contributed by atoms with Crippen LogP contribution in [0.5, 0.6) is 0 Å². The summed E-state index contributed by atoms with van der Waals surface area (Å²) < 4.78 is 16.7. The second-order valence-electron chi connectivity index (χ2n) is 6.60. The molecule has 1 aliphatic carbocycles. The number of carbonyl (C=O) groups is 1. The normalized spacial score (nSPS) is 18.2. The van der Waals surface area contributed by atoms with Gasteiger partial charge < -0.3 is 15.2 Å². The minimum absolute atomic E-state index is 0.0139. The van der Waals surface area contributed by atoms with Crippen molar-refractivity contribution in [3.63, 3.8) is 0 Å². The summed E-state index contributed by atoms with van der Waals surface area (Å²) >= 11 is 0. The Morgan fingerprint density at radius 1 is 1.24 bits per heavy atom. The van der Waals surface area contributed by atoms with Crippen molar-refractivity contribution in [2.45, 2.75) is 56.9 Å². The smallest absolute Gasteiger partial charge is 0.445 e. The Balaban J connectivity index is 1.71. The van der Waals surface area contributed by atoms with Crippen LogP contribution in [0.2, 0.25) is 0 Å². The summed E-state index contributed by atoms with van der Waals surface area (Å²) in [5, 5.41) is 12.6. The summed E-state index contributed by atoms with van der Waals surface area (Å²) in [7, 11) is -2.34. The number of alkyl carbamates (subject to hydrolysis) is 1. The molecule has 3 atom stereocenters. The SMILES string of the molecule is O=C(NC[C@H](O)CC(C1CCCCC1)[P+](=O)O)OCc1ccccc1. The lowest BCUT2D eigenvalue weighted by Gasteiger charge is -2.24. The van der Waals surface area contributed by atoms with Crippen LogP contribution in [0.15, 0.2) is 30.3 Å². The van der Waals surface area contributed by atoms with Gasteiger partial charge >= 0.3 is 14.1 Å². The van der Waals surface area contributed by atoms with Gasteiger partial charge in [0.15, 0.2) is 5.66 Å². The average Bonchev–Trinajstić information content (AvgIpc) is 2.64. The number of nitrogens with one attached hydrogen (secondary N) is 1. The molecule has 0 spiro atoms. The summed E-state index contributed by atoms with van der Waals surface area (Å²) in [5.41, 5.74) is 0.472. The fourth-order valence-electron chi connectivity index (χ4n) is 3.32. The molecule has 0 bridgehead atoms. The van der Waals surface area contributed by atoms with E-state index in [1.165, 1.54) is 6.42 Å². The molecule has 0 radical (unpaired) electrons. The summed E-state index contributed by atoms with van der Waals surface area (Å²) in [6, 6.07) is 9.32. The molecule has 25 heavy (non-hydrogen) atoms. The predicted molar refractivity (Wildman–Crippen MR) is 95.4 cm³/mol. The second kappa shape index (κ2) is 10.5. The van der Waals surface area contributed by atoms with E-state index in [9.17, 15) is 19.4 Å². The van der Waals surface area contributed by atoms with Gasteiger partial charge in [0.1, 0.15) is 6.61 Å². The highest BCUT2D eigenvalue weighted by Crippen LogP contribution is 2.40. The van der Waals surface area contributed by atoms with Gasteiger partial charge in [0.25, 0.3) is 0 Å². The van der Waals surface area contributed by atoms with Crippen LogP contribution < -0.4 is 5.32 Å². The molecule has 0 aliphatic heterocycles. The fourth-order valence-corrected chi connectivity index (χ4v) is 4.40. The number of aliphatic hydroxyl groups is 1. The lowest BCUT2D eigenvalue weighted by atomic mass is 9.85. The minimum atomic E-state index is -2.34. The third kappa shape index (κ3) is 7.10. The molecule has 7 heteroatoms. The molecule has 1 amide bonds. The number of benzene rings is 1. The molecule has 6 nitrogen and oxygen atoms in total. The summed E-state index contributed by atoms with van der Waals surface area (Å²) in [5.74, 6) is 0.182. The van der Waals surface area contributed by atoms with Gasteiger partial charge in [0, 0.05) is 18.9 Å². The number of ether oxygens (including phenoxy) is 1. The zero-order valence-electron chi connectivity index (χ0n) is 14.3. The van der Waals surface area contributed by atoms with Crippen molar-refractivity contribution in [2.24, 2.45) is 5.92 Å². The maximum absolute atomic E-state index is 11.7. The van der Waals surface area contributed by atoms with Gasteiger partial charge in [0.05, 0.1) is 6.10 Å². The van der Waals surface area contributed by atoms with Crippen LogP contribution >= 0.6 is 8.03 Å². The first-order valence-electron chi connectivity index (χ1n) is 8.84. The first-order valence-corrected chi connectivity index (χ1v) is 10.1. The largest absolute Gasteiger partial charge is 0.509 e. The van der Waals surface area contributed by atoms with Crippen LogP contribution in [-0.4, -0.2) is 34.4 Å². The molecule has 1 aliphatic rings. The molecule has 138 valence electrons. The van der Waals surface area contributed by atoms with Crippen molar-refractivity contribution in [3.8, 4) is 0 Å². The van der Waals surface area contributed by atoms with Crippen LogP contribution in [0.25, 0.3) is 0 Å². The molecule has 2 unspecified atom stereocenters. The monoisotopic (exact) mass is 368 g/mol. The molecule has 1 fully saturated rings. The van der Waals surface area contributed by atoms with Crippen LogP contribution in [0, 0.1) is 5.92 Å². The van der Waals surface area contributed by atoms with Crippen molar-refractivity contribution in [3.05, 3.63) is 35.9 Å². The van der Waals surface area contributed by atoms with E-state index in [0.29, 0.717) is 0 Å². The molecule has 0 saturated heterocycles. The molecule has 3 N–H and O–H groups in total. The highest BCUT2D eigenvalue weighted by Gasteiger charge is 2.39. The maximum Gasteiger partial charge on any atom is 0.509 e. The Hall–Kier alpha value is -1.49. The molecule has 2 rings (SSSR count). The van der Waals surface area contributed by atoms with E-state index in [2.05, 4.69) is 5.32 Å². The van der Waals surface area contributed by atoms with Crippen LogP contribution in [-0.2, 0) is 15.9 Å². The Kier molecular flexibility index (Phi) is 8.32. The van der Waals surface area contributed by atoms with Gasteiger partial charge in [-0.25, -0.2) is 4.79 Å². The summed E-state index contributed by atoms with van der Waals surface area (Å²) in [4.78, 5) is 21.3. The van der Waals surface area contributed by atoms with E-state index in [4.69, 9.17) is 4.74 Å². The number of aliphatic hydroxyl groups excluding tert-OH is 1. The maximum atomic E-state index is 11.7. The molecule has 1 aromatic rings. The molecule has 1 aromatic carbocycles. The number of amides is 1. The number of carbonyl (C=O) groups excluding carboxylic acids is 1. The van der Waals surface area contributed by atoms with E-state index in [1.54, 1.807) is 0 Å². The molecule has 0 heterocycles. The molecular weight excluding hydrogens is 341 g/mol. The van der Waals surface area contributed by atoms with E-state index in [0.717, 1.165) is 31.2 Å². The third-order valence-corrected chi connectivity index (χ3v) is 5.89. The first-order chi connectivity index (χ1) is 12.1. The lowest BCUT2D eigenvalue weighted by molar-refractivity contribution is 0.119. The number of hydrogen-bond donors (Lipinski definition) is 3. The number of rotatable bonds is 8. The van der Waals surface area contributed by atoms with Gasteiger partial charge in [-0.3, -0.25) is 0 Å². The first kappa shape index (κ1) is 19.8. The van der Waals surface area contributed by atoms with Gasteiger partial charge in [-0.05, 0) is 23.0 Å². The van der Waals surface area contributed by atoms with Crippen molar-refractivity contribution < 1.29 is 24.1 Å². The second-order valence-corrected chi connectivity index (χ2v) is 7.87. The summed E-state index contributed by atoms with van der Waals surface area (Å²) in [6.45, 7) is 0.177. The molecule has 1 saturated carbocycles. The Bertz CT molecular complexity index is 548.